The zero-order chi connectivity index (χ0) is 22.5. The second kappa shape index (κ2) is 8.08. The summed E-state index contributed by atoms with van der Waals surface area (Å²) in [4.78, 5) is 11.4. The molecule has 4 nitrogen and oxygen atoms in total. The van der Waals surface area contributed by atoms with Crippen LogP contribution in [0.2, 0.25) is 5.02 Å². The lowest BCUT2D eigenvalue weighted by molar-refractivity contribution is 0.464. The number of nitrogens with zero attached hydrogens (tertiary/aromatic N) is 3. The average Bonchev–Trinajstić information content (AvgIpc) is 3.16. The molecule has 6 heteroatoms. The van der Waals surface area contributed by atoms with Crippen molar-refractivity contribution in [1.82, 2.24) is 15.3 Å². The molecule has 0 saturated carbocycles. The van der Waals surface area contributed by atoms with Gasteiger partial charge < -0.3 is 10.2 Å². The van der Waals surface area contributed by atoms with E-state index in [0.717, 1.165) is 35.2 Å². The van der Waals surface area contributed by atoms with E-state index in [1.807, 2.05) is 43.3 Å². The van der Waals surface area contributed by atoms with E-state index < -0.39 is 5.82 Å². The van der Waals surface area contributed by atoms with Crippen molar-refractivity contribution in [2.45, 2.75) is 31.8 Å². The third kappa shape index (κ3) is 3.65. The van der Waals surface area contributed by atoms with Gasteiger partial charge in [0.15, 0.2) is 5.82 Å². The Labute approximate surface area is 197 Å². The van der Waals surface area contributed by atoms with E-state index in [1.54, 1.807) is 6.08 Å². The molecule has 0 aliphatic carbocycles. The van der Waals surface area contributed by atoms with Gasteiger partial charge in [0.25, 0.3) is 0 Å². The number of piperazine rings is 1. The number of aryl methyl sites for hydroxylation is 1. The molecule has 2 aliphatic rings. The second-order valence-electron chi connectivity index (χ2n) is 9.02. The van der Waals surface area contributed by atoms with Crippen LogP contribution in [0, 0.1) is 12.7 Å². The largest absolute Gasteiger partial charge is 0.353 e. The zero-order valence-corrected chi connectivity index (χ0v) is 19.1. The predicted molar refractivity (Wildman–Crippen MR) is 134 cm³/mol. The minimum absolute atomic E-state index is 0.324. The third-order valence-electron chi connectivity index (χ3n) is 6.78. The van der Waals surface area contributed by atoms with Gasteiger partial charge in [-0.05, 0) is 48.2 Å². The maximum absolute atomic E-state index is 15.8. The van der Waals surface area contributed by atoms with Gasteiger partial charge in [-0.3, -0.25) is 0 Å². The number of benzene rings is 3. The van der Waals surface area contributed by atoms with Crippen LogP contribution in [-0.2, 0) is 0 Å². The van der Waals surface area contributed by atoms with E-state index in [2.05, 4.69) is 33.4 Å². The molecule has 2 saturated heterocycles. The quantitative estimate of drug-likeness (QED) is 0.382. The molecule has 2 fully saturated rings. The van der Waals surface area contributed by atoms with Gasteiger partial charge in [0.2, 0.25) is 0 Å². The molecule has 2 bridgehead atoms. The molecule has 0 amide bonds. The normalized spacial score (nSPS) is 20.4. The Balaban J connectivity index is 1.44. The summed E-state index contributed by atoms with van der Waals surface area (Å²) in [5.74, 6) is 0.939. The van der Waals surface area contributed by atoms with Crippen molar-refractivity contribution in [2.24, 2.45) is 0 Å². The van der Waals surface area contributed by atoms with E-state index in [4.69, 9.17) is 16.6 Å². The standard InChI is InChI=1S/C27H24ClFN4/c1-16-30-26-23(27(31-16)33-14-19-10-11-20(15-33)32-19)13-24(28)22(25(26)29)12-9-18-7-4-6-17-5-2-3-8-21(17)18/h2-9,12-13,19-20,32H,10-11,14-15H2,1H3. The number of anilines is 1. The fraction of sp³-hybridized carbons (Fsp3) is 0.259. The highest BCUT2D eigenvalue weighted by atomic mass is 35.5. The predicted octanol–water partition coefficient (Wildman–Crippen LogP) is 5.99. The number of rotatable bonds is 3. The minimum Gasteiger partial charge on any atom is -0.353 e. The van der Waals surface area contributed by atoms with Gasteiger partial charge in [-0.25, -0.2) is 14.4 Å². The van der Waals surface area contributed by atoms with Gasteiger partial charge in [-0.15, -0.1) is 0 Å². The fourth-order valence-corrected chi connectivity index (χ4v) is 5.49. The molecule has 33 heavy (non-hydrogen) atoms. The lowest BCUT2D eigenvalue weighted by atomic mass is 10.0. The molecule has 3 heterocycles. The van der Waals surface area contributed by atoms with E-state index in [0.29, 0.717) is 39.4 Å². The van der Waals surface area contributed by atoms with E-state index in [-0.39, 0.29) is 0 Å². The van der Waals surface area contributed by atoms with E-state index in [1.165, 1.54) is 12.8 Å². The maximum atomic E-state index is 15.8. The monoisotopic (exact) mass is 458 g/mol. The number of hydrogen-bond donors (Lipinski definition) is 1. The molecule has 2 atom stereocenters. The van der Waals surface area contributed by atoms with Crippen molar-refractivity contribution in [1.29, 1.82) is 0 Å². The SMILES string of the molecule is Cc1nc(N2CC3CCC(C2)N3)c2cc(Cl)c(C=Cc3cccc4ccccc34)c(F)c2n1. The van der Waals surface area contributed by atoms with Gasteiger partial charge >= 0.3 is 0 Å². The molecule has 0 spiro atoms. The van der Waals surface area contributed by atoms with Crippen LogP contribution in [0.15, 0.2) is 48.5 Å². The zero-order valence-electron chi connectivity index (χ0n) is 18.4. The first kappa shape index (κ1) is 20.6. The Bertz CT molecular complexity index is 1400. The summed E-state index contributed by atoms with van der Waals surface area (Å²) in [6.07, 6.45) is 6.01. The van der Waals surface area contributed by atoms with Crippen LogP contribution in [0.3, 0.4) is 0 Å². The van der Waals surface area contributed by atoms with Crippen molar-refractivity contribution in [3.63, 3.8) is 0 Å². The molecular weight excluding hydrogens is 435 g/mol. The molecule has 3 aromatic carbocycles. The Morgan fingerprint density at radius 1 is 1.00 bits per heavy atom. The average molecular weight is 459 g/mol. The lowest BCUT2D eigenvalue weighted by Crippen LogP contribution is -2.51. The number of aromatic nitrogens is 2. The van der Waals surface area contributed by atoms with Crippen molar-refractivity contribution >= 4 is 51.2 Å². The number of hydrogen-bond acceptors (Lipinski definition) is 4. The molecule has 0 radical (unpaired) electrons. The minimum atomic E-state index is -0.404. The Morgan fingerprint density at radius 2 is 1.76 bits per heavy atom. The first-order chi connectivity index (χ1) is 16.1. The first-order valence-corrected chi connectivity index (χ1v) is 11.8. The molecule has 6 rings (SSSR count). The highest BCUT2D eigenvalue weighted by molar-refractivity contribution is 6.33. The number of fused-ring (bicyclic) bond motifs is 4. The number of nitrogens with one attached hydrogen (secondary N) is 1. The Morgan fingerprint density at radius 3 is 2.58 bits per heavy atom. The van der Waals surface area contributed by atoms with Gasteiger partial charge in [0, 0.05) is 36.1 Å². The fourth-order valence-electron chi connectivity index (χ4n) is 5.24. The van der Waals surface area contributed by atoms with Crippen LogP contribution < -0.4 is 10.2 Å². The summed E-state index contributed by atoms with van der Waals surface area (Å²) in [5, 5.41) is 6.93. The molecule has 1 N–H and O–H groups in total. The van der Waals surface area contributed by atoms with Crippen LogP contribution in [-0.4, -0.2) is 35.1 Å². The molecule has 166 valence electrons. The van der Waals surface area contributed by atoms with Crippen molar-refractivity contribution in [3.8, 4) is 0 Å². The van der Waals surface area contributed by atoms with E-state index in [9.17, 15) is 0 Å². The molecule has 2 unspecified atom stereocenters. The highest BCUT2D eigenvalue weighted by Crippen LogP contribution is 2.35. The van der Waals surface area contributed by atoms with Crippen LogP contribution in [0.4, 0.5) is 10.2 Å². The first-order valence-electron chi connectivity index (χ1n) is 11.4. The molecule has 1 aromatic heterocycles. The summed E-state index contributed by atoms with van der Waals surface area (Å²) in [6, 6.07) is 17.0. The van der Waals surface area contributed by atoms with Crippen LogP contribution in [0.1, 0.15) is 29.8 Å². The van der Waals surface area contributed by atoms with Crippen molar-refractivity contribution in [3.05, 3.63) is 76.3 Å². The molecule has 4 aromatic rings. The van der Waals surface area contributed by atoms with Crippen molar-refractivity contribution < 1.29 is 4.39 Å². The second-order valence-corrected chi connectivity index (χ2v) is 9.43. The summed E-state index contributed by atoms with van der Waals surface area (Å²) in [5.41, 5.74) is 1.69. The summed E-state index contributed by atoms with van der Waals surface area (Å²) in [6.45, 7) is 3.55. The number of halogens is 2. The van der Waals surface area contributed by atoms with Gasteiger partial charge in [-0.2, -0.15) is 0 Å². The van der Waals surface area contributed by atoms with Crippen LogP contribution >= 0.6 is 11.6 Å². The Kier molecular flexibility index (Phi) is 5.04. The van der Waals surface area contributed by atoms with Crippen molar-refractivity contribution in [2.75, 3.05) is 18.0 Å². The van der Waals surface area contributed by atoms with Crippen LogP contribution in [0.5, 0.6) is 0 Å². The molecular formula is C27H24ClFN4. The summed E-state index contributed by atoms with van der Waals surface area (Å²) >= 11 is 6.64. The van der Waals surface area contributed by atoms with Gasteiger partial charge in [0.1, 0.15) is 17.2 Å². The van der Waals surface area contributed by atoms with E-state index >= 15 is 4.39 Å². The topological polar surface area (TPSA) is 41.1 Å². The summed E-state index contributed by atoms with van der Waals surface area (Å²) in [7, 11) is 0. The van der Waals surface area contributed by atoms with Gasteiger partial charge in [0.05, 0.1) is 5.02 Å². The summed E-state index contributed by atoms with van der Waals surface area (Å²) < 4.78 is 15.8. The smallest absolute Gasteiger partial charge is 0.158 e. The lowest BCUT2D eigenvalue weighted by Gasteiger charge is -2.34. The van der Waals surface area contributed by atoms with Gasteiger partial charge in [-0.1, -0.05) is 60.1 Å². The molecule has 2 aliphatic heterocycles. The van der Waals surface area contributed by atoms with Crippen LogP contribution in [0.25, 0.3) is 33.8 Å². The highest BCUT2D eigenvalue weighted by Gasteiger charge is 2.33. The maximum Gasteiger partial charge on any atom is 0.158 e. The Hall–Kier alpha value is -3.02. The third-order valence-corrected chi connectivity index (χ3v) is 7.09.